The average Bonchev–Trinajstić information content (AvgIpc) is 2.89. The van der Waals surface area contributed by atoms with Gasteiger partial charge in [0.15, 0.2) is 0 Å². The molecule has 0 spiro atoms. The molecule has 1 unspecified atom stereocenters. The molecule has 0 bridgehead atoms. The standard InChI is InChI=1S/C27H28N4O3/c1-3-30-16-25(26(19(2)34)27(29-30)22-5-4-14-28-15-22)31(23-10-6-20(17-32)7-11-23)24-12-8-21(18-33)9-13-24/h4-16,26,32-33H,3,17-18H2,1-2H3. The number of benzene rings is 2. The molecule has 1 atom stereocenters. The topological polar surface area (TPSA) is 89.3 Å². The molecular weight excluding hydrogens is 428 g/mol. The van der Waals surface area contributed by atoms with E-state index in [9.17, 15) is 15.0 Å². The van der Waals surface area contributed by atoms with Crippen LogP contribution in [0.3, 0.4) is 0 Å². The summed E-state index contributed by atoms with van der Waals surface area (Å²) >= 11 is 0. The van der Waals surface area contributed by atoms with Gasteiger partial charge in [-0.1, -0.05) is 24.3 Å². The van der Waals surface area contributed by atoms with Gasteiger partial charge >= 0.3 is 0 Å². The van der Waals surface area contributed by atoms with E-state index in [1.807, 2.05) is 83.7 Å². The van der Waals surface area contributed by atoms with Gasteiger partial charge < -0.3 is 15.1 Å². The summed E-state index contributed by atoms with van der Waals surface area (Å²) in [6, 6.07) is 18.9. The van der Waals surface area contributed by atoms with E-state index < -0.39 is 5.92 Å². The lowest BCUT2D eigenvalue weighted by Crippen LogP contribution is -2.38. The maximum atomic E-state index is 13.1. The van der Waals surface area contributed by atoms with E-state index >= 15 is 0 Å². The predicted octanol–water partition coefficient (Wildman–Crippen LogP) is 3.99. The van der Waals surface area contributed by atoms with Crippen molar-refractivity contribution in [3.05, 3.63) is 102 Å². The molecule has 2 aromatic carbocycles. The molecule has 1 aromatic heterocycles. The monoisotopic (exact) mass is 456 g/mol. The number of Topliss-reactive ketones (excluding diaryl/α,β-unsaturated/α-hetero) is 1. The van der Waals surface area contributed by atoms with Crippen LogP contribution >= 0.6 is 0 Å². The van der Waals surface area contributed by atoms with Gasteiger partial charge in [0.25, 0.3) is 0 Å². The maximum absolute atomic E-state index is 13.1. The van der Waals surface area contributed by atoms with Gasteiger partial charge in [0.05, 0.1) is 24.6 Å². The number of hydrazone groups is 1. The third-order valence-electron chi connectivity index (χ3n) is 5.79. The SMILES string of the molecule is CCN1C=C(N(c2ccc(CO)cc2)c2ccc(CO)cc2)C(C(C)=O)C(c2cccnc2)=N1. The van der Waals surface area contributed by atoms with E-state index in [1.165, 1.54) is 0 Å². The summed E-state index contributed by atoms with van der Waals surface area (Å²) in [7, 11) is 0. The number of carbonyl (C=O) groups excluding carboxylic acids is 1. The number of ketones is 1. The number of rotatable bonds is 8. The van der Waals surface area contributed by atoms with Crippen LogP contribution in [-0.4, -0.2) is 38.2 Å². The van der Waals surface area contributed by atoms with E-state index in [0.717, 1.165) is 33.8 Å². The zero-order valence-corrected chi connectivity index (χ0v) is 19.3. The fourth-order valence-electron chi connectivity index (χ4n) is 4.03. The lowest BCUT2D eigenvalue weighted by atomic mass is 9.89. The largest absolute Gasteiger partial charge is 0.392 e. The third-order valence-corrected chi connectivity index (χ3v) is 5.79. The van der Waals surface area contributed by atoms with E-state index in [4.69, 9.17) is 5.10 Å². The molecule has 3 aromatic rings. The Hall–Kier alpha value is -3.81. The molecule has 7 heteroatoms. The first-order valence-corrected chi connectivity index (χ1v) is 11.2. The average molecular weight is 457 g/mol. The Morgan fingerprint density at radius 2 is 1.56 bits per heavy atom. The second-order valence-corrected chi connectivity index (χ2v) is 8.06. The highest BCUT2D eigenvalue weighted by atomic mass is 16.3. The van der Waals surface area contributed by atoms with Crippen molar-refractivity contribution < 1.29 is 15.0 Å². The summed E-state index contributed by atoms with van der Waals surface area (Å²) in [6.07, 6.45) is 5.33. The third kappa shape index (κ3) is 4.76. The van der Waals surface area contributed by atoms with E-state index in [0.29, 0.717) is 12.3 Å². The van der Waals surface area contributed by atoms with Crippen molar-refractivity contribution >= 4 is 22.9 Å². The quantitative estimate of drug-likeness (QED) is 0.533. The number of pyridine rings is 1. The highest BCUT2D eigenvalue weighted by molar-refractivity contribution is 6.16. The van der Waals surface area contributed by atoms with Crippen molar-refractivity contribution in [1.82, 2.24) is 9.99 Å². The Bertz CT molecular complexity index is 1140. The molecule has 0 saturated carbocycles. The van der Waals surface area contributed by atoms with Crippen molar-refractivity contribution in [2.45, 2.75) is 27.1 Å². The Kier molecular flexibility index (Phi) is 7.15. The molecule has 0 fully saturated rings. The molecule has 174 valence electrons. The van der Waals surface area contributed by atoms with Crippen molar-refractivity contribution in [1.29, 1.82) is 0 Å². The molecule has 4 rings (SSSR count). The van der Waals surface area contributed by atoms with Crippen molar-refractivity contribution in [3.8, 4) is 0 Å². The summed E-state index contributed by atoms with van der Waals surface area (Å²) in [5.74, 6) is -0.643. The number of carbonyl (C=O) groups is 1. The number of hydrogen-bond acceptors (Lipinski definition) is 7. The summed E-state index contributed by atoms with van der Waals surface area (Å²) in [6.45, 7) is 4.10. The molecule has 34 heavy (non-hydrogen) atoms. The molecule has 1 aliphatic heterocycles. The first kappa shape index (κ1) is 23.4. The second-order valence-electron chi connectivity index (χ2n) is 8.06. The number of aliphatic hydroxyl groups excluding tert-OH is 2. The fourth-order valence-corrected chi connectivity index (χ4v) is 4.03. The van der Waals surface area contributed by atoms with Crippen LogP contribution in [0.5, 0.6) is 0 Å². The minimum Gasteiger partial charge on any atom is -0.392 e. The minimum absolute atomic E-state index is 0.0337. The van der Waals surface area contributed by atoms with Crippen LogP contribution in [0.15, 0.2) is 90.1 Å². The molecule has 1 aliphatic rings. The van der Waals surface area contributed by atoms with E-state index in [1.54, 1.807) is 19.3 Å². The summed E-state index contributed by atoms with van der Waals surface area (Å²) in [4.78, 5) is 19.4. The normalized spacial score (nSPS) is 15.5. The number of nitrogens with zero attached hydrogens (tertiary/aromatic N) is 4. The van der Waals surface area contributed by atoms with Gasteiger partial charge in [0.1, 0.15) is 11.7 Å². The van der Waals surface area contributed by atoms with Gasteiger partial charge in [-0.05, 0) is 61.4 Å². The number of allylic oxidation sites excluding steroid dienone is 1. The zero-order chi connectivity index (χ0) is 24.1. The van der Waals surface area contributed by atoms with Crippen molar-refractivity contribution in [2.75, 3.05) is 11.4 Å². The van der Waals surface area contributed by atoms with Crippen molar-refractivity contribution in [2.24, 2.45) is 11.0 Å². The molecule has 0 saturated heterocycles. The van der Waals surface area contributed by atoms with Crippen molar-refractivity contribution in [3.63, 3.8) is 0 Å². The highest BCUT2D eigenvalue weighted by Gasteiger charge is 2.35. The lowest BCUT2D eigenvalue weighted by Gasteiger charge is -2.36. The Morgan fingerprint density at radius 3 is 2.00 bits per heavy atom. The number of aliphatic hydroxyl groups is 2. The fraction of sp³-hybridized carbons (Fsp3) is 0.222. The van der Waals surface area contributed by atoms with Gasteiger partial charge in [-0.25, -0.2) is 0 Å². The highest BCUT2D eigenvalue weighted by Crippen LogP contribution is 2.37. The smallest absolute Gasteiger partial charge is 0.144 e. The zero-order valence-electron chi connectivity index (χ0n) is 19.3. The molecule has 0 radical (unpaired) electrons. The molecule has 2 heterocycles. The first-order chi connectivity index (χ1) is 16.5. The number of aromatic nitrogens is 1. The van der Waals surface area contributed by atoms with E-state index in [2.05, 4.69) is 4.98 Å². The van der Waals surface area contributed by atoms with Crippen LogP contribution in [0.4, 0.5) is 11.4 Å². The van der Waals surface area contributed by atoms with Gasteiger partial charge in [-0.3, -0.25) is 14.8 Å². The van der Waals surface area contributed by atoms with Crippen LogP contribution in [0.2, 0.25) is 0 Å². The van der Waals surface area contributed by atoms with Gasteiger partial charge in [-0.2, -0.15) is 5.10 Å². The Morgan fingerprint density at radius 1 is 0.971 bits per heavy atom. The number of anilines is 2. The van der Waals surface area contributed by atoms with Crippen LogP contribution in [0.1, 0.15) is 30.5 Å². The summed E-state index contributed by atoms with van der Waals surface area (Å²) in [5.41, 5.74) is 5.48. The molecule has 0 aliphatic carbocycles. The molecule has 2 N–H and O–H groups in total. The van der Waals surface area contributed by atoms with Gasteiger partial charge in [0.2, 0.25) is 0 Å². The van der Waals surface area contributed by atoms with Crippen LogP contribution < -0.4 is 4.90 Å². The van der Waals surface area contributed by atoms with Crippen LogP contribution in [-0.2, 0) is 18.0 Å². The Balaban J connectivity index is 1.89. The molecule has 7 nitrogen and oxygen atoms in total. The molecular formula is C27H28N4O3. The van der Waals surface area contributed by atoms with Gasteiger partial charge in [0, 0.05) is 42.1 Å². The van der Waals surface area contributed by atoms with E-state index in [-0.39, 0.29) is 19.0 Å². The van der Waals surface area contributed by atoms with Gasteiger partial charge in [-0.15, -0.1) is 0 Å². The maximum Gasteiger partial charge on any atom is 0.144 e. The first-order valence-electron chi connectivity index (χ1n) is 11.2. The summed E-state index contributed by atoms with van der Waals surface area (Å²) < 4.78 is 0. The van der Waals surface area contributed by atoms with Crippen LogP contribution in [0.25, 0.3) is 0 Å². The summed E-state index contributed by atoms with van der Waals surface area (Å²) in [5, 5.41) is 25.6. The predicted molar refractivity (Wildman–Crippen MR) is 132 cm³/mol. The number of hydrogen-bond donors (Lipinski definition) is 2. The lowest BCUT2D eigenvalue weighted by molar-refractivity contribution is -0.118. The van der Waals surface area contributed by atoms with Crippen LogP contribution in [0, 0.1) is 5.92 Å². The second kappa shape index (κ2) is 10.4. The minimum atomic E-state index is -0.609. The molecule has 0 amide bonds. The Labute approximate surface area is 199 Å².